The molecular weight excluding hydrogens is 611 g/mol. The lowest BCUT2D eigenvalue weighted by Crippen LogP contribution is -2.42. The summed E-state index contributed by atoms with van der Waals surface area (Å²) in [5.74, 6) is -0.667. The van der Waals surface area contributed by atoms with E-state index in [4.69, 9.17) is 49.0 Å². The summed E-state index contributed by atoms with van der Waals surface area (Å²) in [6.45, 7) is 2.83. The van der Waals surface area contributed by atoms with Crippen molar-refractivity contribution < 1.29 is 24.1 Å². The van der Waals surface area contributed by atoms with E-state index in [1.54, 1.807) is 7.11 Å². The topological polar surface area (TPSA) is 80.3 Å². The third kappa shape index (κ3) is 8.50. The normalized spacial score (nSPS) is 22.9. The van der Waals surface area contributed by atoms with E-state index in [2.05, 4.69) is 10.2 Å². The van der Waals surface area contributed by atoms with Crippen LogP contribution in [0.2, 0.25) is 0 Å². The van der Waals surface area contributed by atoms with E-state index in [0.717, 1.165) is 72.3 Å². The fraction of sp³-hybridized carbons (Fsp3) is 0.424. The van der Waals surface area contributed by atoms with Crippen LogP contribution in [0.1, 0.15) is 53.9 Å². The van der Waals surface area contributed by atoms with Crippen LogP contribution >= 0.6 is 34.8 Å². The maximum absolute atomic E-state index is 11.9. The quantitative estimate of drug-likeness (QED) is 0.245. The summed E-state index contributed by atoms with van der Waals surface area (Å²) >= 11 is 17.0. The second kappa shape index (κ2) is 14.7. The largest absolute Gasteiger partial charge is 0.392 e. The first-order valence-corrected chi connectivity index (χ1v) is 15.6. The summed E-state index contributed by atoms with van der Waals surface area (Å²) in [5, 5.41) is 12.1. The summed E-state index contributed by atoms with van der Waals surface area (Å²) in [6, 6.07) is 24.4. The first-order valence-electron chi connectivity index (χ1n) is 14.5. The van der Waals surface area contributed by atoms with Gasteiger partial charge < -0.3 is 24.6 Å². The third-order valence-corrected chi connectivity index (χ3v) is 8.58. The lowest BCUT2D eigenvalue weighted by Gasteiger charge is -2.38. The van der Waals surface area contributed by atoms with Crippen LogP contribution in [0.5, 0.6) is 0 Å². The zero-order chi connectivity index (χ0) is 30.4. The Hall–Kier alpha value is -2.20. The Morgan fingerprint density at radius 3 is 2.44 bits per heavy atom. The lowest BCUT2D eigenvalue weighted by atomic mass is 9.98. The highest BCUT2D eigenvalue weighted by atomic mass is 35.6. The van der Waals surface area contributed by atoms with Gasteiger partial charge in [-0.25, -0.2) is 0 Å². The lowest BCUT2D eigenvalue weighted by molar-refractivity contribution is -0.253. The predicted molar refractivity (Wildman–Crippen MR) is 169 cm³/mol. The Balaban J connectivity index is 1.32. The fourth-order valence-electron chi connectivity index (χ4n) is 5.79. The van der Waals surface area contributed by atoms with Gasteiger partial charge in [-0.2, -0.15) is 0 Å². The Morgan fingerprint density at radius 2 is 1.74 bits per heavy atom. The number of methoxy groups -OCH3 is 1. The van der Waals surface area contributed by atoms with Gasteiger partial charge in [0.05, 0.1) is 25.4 Å². The van der Waals surface area contributed by atoms with Crippen LogP contribution < -0.4 is 5.32 Å². The summed E-state index contributed by atoms with van der Waals surface area (Å²) in [4.78, 5) is 14.4. The summed E-state index contributed by atoms with van der Waals surface area (Å²) in [7, 11) is 1.76. The monoisotopic (exact) mass is 646 g/mol. The van der Waals surface area contributed by atoms with Crippen molar-refractivity contribution in [2.24, 2.45) is 0 Å². The van der Waals surface area contributed by atoms with E-state index in [1.165, 1.54) is 0 Å². The maximum atomic E-state index is 11.9. The van der Waals surface area contributed by atoms with E-state index in [0.29, 0.717) is 6.04 Å². The van der Waals surface area contributed by atoms with Gasteiger partial charge in [0.25, 0.3) is 9.70 Å². The number of benzene rings is 3. The number of hydrogen-bond acceptors (Lipinski definition) is 6. The second-order valence-electron chi connectivity index (χ2n) is 11.1. The molecule has 0 unspecified atom stereocenters. The first kappa shape index (κ1) is 32.2. The van der Waals surface area contributed by atoms with E-state index in [1.807, 2.05) is 72.8 Å². The molecule has 10 heteroatoms. The minimum Gasteiger partial charge on any atom is -0.392 e. The van der Waals surface area contributed by atoms with Gasteiger partial charge in [0.2, 0.25) is 0 Å². The van der Waals surface area contributed by atoms with E-state index >= 15 is 0 Å². The molecule has 2 aliphatic rings. The van der Waals surface area contributed by atoms with E-state index in [9.17, 15) is 9.90 Å². The molecule has 3 aromatic rings. The zero-order valence-corrected chi connectivity index (χ0v) is 26.3. The zero-order valence-electron chi connectivity index (χ0n) is 24.1. The molecule has 2 saturated heterocycles. The molecule has 43 heavy (non-hydrogen) atoms. The van der Waals surface area contributed by atoms with Crippen molar-refractivity contribution >= 4 is 40.7 Å². The number of nitrogens with one attached hydrogen (secondary N) is 1. The predicted octanol–water partition coefficient (Wildman–Crippen LogP) is 6.49. The molecule has 0 spiro atoms. The molecule has 0 saturated carbocycles. The van der Waals surface area contributed by atoms with Crippen molar-refractivity contribution in [3.8, 4) is 11.1 Å². The molecule has 3 aromatic carbocycles. The molecule has 0 radical (unpaired) electrons. The molecule has 2 aliphatic heterocycles. The van der Waals surface area contributed by atoms with Crippen LogP contribution in [0.15, 0.2) is 72.8 Å². The van der Waals surface area contributed by atoms with Gasteiger partial charge in [-0.15, -0.1) is 0 Å². The number of alkyl halides is 3. The van der Waals surface area contributed by atoms with Crippen molar-refractivity contribution in [2.75, 3.05) is 26.8 Å². The number of ether oxygens (including phenoxy) is 3. The van der Waals surface area contributed by atoms with Crippen molar-refractivity contribution in [1.82, 2.24) is 10.2 Å². The van der Waals surface area contributed by atoms with Gasteiger partial charge in [-0.05, 0) is 53.3 Å². The third-order valence-electron chi connectivity index (χ3n) is 8.06. The average molecular weight is 648 g/mol. The highest BCUT2D eigenvalue weighted by Gasteiger charge is 2.35. The molecular formula is C33H37Cl3N2O5. The Labute approximate surface area is 268 Å². The number of likely N-dealkylation sites (tertiary alicyclic amines) is 1. The van der Waals surface area contributed by atoms with Gasteiger partial charge >= 0.3 is 0 Å². The van der Waals surface area contributed by atoms with Crippen LogP contribution in [0.4, 0.5) is 0 Å². The second-order valence-corrected chi connectivity index (χ2v) is 13.4. The SMILES string of the molecule is COC[C@@H]1CCCN1C[C@@H]1C[C@H](c2ccc(CO)cc2)O[C@H](c2ccc(-c3cccc(CNC(=O)C(Cl)(Cl)Cl)c3)cc2)O1. The molecule has 5 rings (SSSR count). The number of aliphatic hydroxyl groups is 1. The van der Waals surface area contributed by atoms with Gasteiger partial charge in [0.1, 0.15) is 0 Å². The van der Waals surface area contributed by atoms with E-state index < -0.39 is 16.0 Å². The van der Waals surface area contributed by atoms with Crippen molar-refractivity contribution in [1.29, 1.82) is 0 Å². The van der Waals surface area contributed by atoms with Crippen molar-refractivity contribution in [2.45, 2.75) is 60.7 Å². The van der Waals surface area contributed by atoms with Crippen LogP contribution in [0, 0.1) is 0 Å². The fourth-order valence-corrected chi connectivity index (χ4v) is 5.99. The van der Waals surface area contributed by atoms with Gasteiger partial charge in [-0.3, -0.25) is 9.69 Å². The number of carbonyl (C=O) groups excluding carboxylic acids is 1. The maximum Gasteiger partial charge on any atom is 0.272 e. The summed E-state index contributed by atoms with van der Waals surface area (Å²) in [6.07, 6.45) is 2.35. The summed E-state index contributed by atoms with van der Waals surface area (Å²) in [5.41, 5.74) is 5.77. The Morgan fingerprint density at radius 1 is 1.00 bits per heavy atom. The smallest absolute Gasteiger partial charge is 0.272 e. The van der Waals surface area contributed by atoms with Gasteiger partial charge in [0, 0.05) is 38.2 Å². The number of rotatable bonds is 10. The first-order chi connectivity index (χ1) is 20.7. The molecule has 4 atom stereocenters. The van der Waals surface area contributed by atoms with Crippen molar-refractivity contribution in [3.05, 3.63) is 95.1 Å². The van der Waals surface area contributed by atoms with E-state index in [-0.39, 0.29) is 25.4 Å². The number of hydrogen-bond donors (Lipinski definition) is 2. The van der Waals surface area contributed by atoms with Crippen LogP contribution in [0.3, 0.4) is 0 Å². The molecule has 2 heterocycles. The van der Waals surface area contributed by atoms with Crippen LogP contribution in [-0.2, 0) is 32.2 Å². The minimum absolute atomic E-state index is 0.00879. The number of halogens is 3. The number of carbonyl (C=O) groups is 1. The average Bonchev–Trinajstić information content (AvgIpc) is 3.45. The van der Waals surface area contributed by atoms with Gasteiger partial charge in [-0.1, -0.05) is 102 Å². The van der Waals surface area contributed by atoms with Crippen LogP contribution in [-0.4, -0.2) is 58.7 Å². The Bertz CT molecular complexity index is 1350. The van der Waals surface area contributed by atoms with Crippen LogP contribution in [0.25, 0.3) is 11.1 Å². The standard InChI is InChI=1S/C33H37Cl3N2O5/c1-41-21-28-6-3-15-38(28)19-29-17-30(25-9-7-22(20-39)8-10-25)43-31(42-29)26-13-11-24(12-14-26)27-5-2-4-23(16-27)18-37-32(40)33(34,35)36/h2,4-5,7-14,16,28-31,39H,3,6,15,17-21H2,1H3,(H,37,40)/t28-,29-,30+,31+/m0/s1. The Kier molecular flexibility index (Phi) is 11.0. The number of amides is 1. The number of nitrogens with zero attached hydrogens (tertiary/aromatic N) is 1. The minimum atomic E-state index is -2.00. The molecule has 2 fully saturated rings. The summed E-state index contributed by atoms with van der Waals surface area (Å²) < 4.78 is 16.6. The van der Waals surface area contributed by atoms with Crippen molar-refractivity contribution in [3.63, 3.8) is 0 Å². The number of aliphatic hydroxyl groups excluding tert-OH is 1. The molecule has 0 aromatic heterocycles. The molecule has 7 nitrogen and oxygen atoms in total. The van der Waals surface area contributed by atoms with Gasteiger partial charge in [0.15, 0.2) is 6.29 Å². The highest BCUT2D eigenvalue weighted by Crippen LogP contribution is 2.39. The molecule has 0 aliphatic carbocycles. The molecule has 1 amide bonds. The molecule has 2 N–H and O–H groups in total. The highest BCUT2D eigenvalue weighted by molar-refractivity contribution is 6.76. The molecule has 230 valence electrons. The molecule has 0 bridgehead atoms.